The third-order valence-electron chi connectivity index (χ3n) is 9.42. The highest BCUT2D eigenvalue weighted by Gasteiger charge is 2.68. The zero-order chi connectivity index (χ0) is 19.6. The van der Waals surface area contributed by atoms with Gasteiger partial charge in [0.15, 0.2) is 0 Å². The zero-order valence-corrected chi connectivity index (χ0v) is 17.8. The lowest BCUT2D eigenvalue weighted by Crippen LogP contribution is -2.65. The first kappa shape index (κ1) is 19.6. The van der Waals surface area contributed by atoms with Crippen molar-refractivity contribution in [2.75, 3.05) is 12.0 Å². The zero-order valence-electron chi connectivity index (χ0n) is 17.0. The molecule has 0 radical (unpaired) electrons. The van der Waals surface area contributed by atoms with E-state index in [1.165, 1.54) is 0 Å². The Bertz CT molecular complexity index is 690. The van der Waals surface area contributed by atoms with Gasteiger partial charge in [-0.2, -0.15) is 0 Å². The van der Waals surface area contributed by atoms with E-state index >= 15 is 0 Å². The molecule has 0 aromatic heterocycles. The number of carbonyl (C=O) groups is 2. The first-order chi connectivity index (χ1) is 12.6. The Morgan fingerprint density at radius 3 is 2.52 bits per heavy atom. The lowest BCUT2D eigenvalue weighted by atomic mass is 9.36. The van der Waals surface area contributed by atoms with Gasteiger partial charge in [0.1, 0.15) is 5.78 Å². The van der Waals surface area contributed by atoms with Crippen LogP contribution in [-0.4, -0.2) is 33.1 Å². The summed E-state index contributed by atoms with van der Waals surface area (Å²) < 4.78 is 11.6. The molecule has 1 spiro atoms. The smallest absolute Gasteiger partial charge is 0.309 e. The summed E-state index contributed by atoms with van der Waals surface area (Å²) in [5.41, 5.74) is -0.903. The number of Topliss-reactive ketones (excluding diaryl/α,β-unsaturated/α-hetero) is 1. The molecule has 5 saturated carbocycles. The van der Waals surface area contributed by atoms with Crippen molar-refractivity contribution < 1.29 is 18.9 Å². The number of carboxylic acids is 1. The number of carboxylic acid groups (broad SMARTS) is 1. The molecule has 8 atom stereocenters. The van der Waals surface area contributed by atoms with Gasteiger partial charge in [0.2, 0.25) is 0 Å². The van der Waals surface area contributed by atoms with Gasteiger partial charge >= 0.3 is 5.97 Å². The van der Waals surface area contributed by atoms with Crippen LogP contribution in [0.1, 0.15) is 71.6 Å². The van der Waals surface area contributed by atoms with Gasteiger partial charge in [-0.05, 0) is 81.5 Å². The average Bonchev–Trinajstić information content (AvgIpc) is 2.61. The maximum Gasteiger partial charge on any atom is 0.309 e. The van der Waals surface area contributed by atoms with Crippen LogP contribution in [0.3, 0.4) is 0 Å². The van der Waals surface area contributed by atoms with Crippen LogP contribution in [0.15, 0.2) is 0 Å². The molecule has 152 valence electrons. The molecule has 0 aromatic rings. The van der Waals surface area contributed by atoms with E-state index in [-0.39, 0.29) is 22.7 Å². The standard InChI is InChI=1S/C22H34O4S/c1-20-8-4-9-21(2,19(24)25)16(20)6-11-22-10-5-14(13-17(20)22)15(18(22)23)7-12-27(3)26/h14-17H,4-13H2,1-3H3,(H,24,25)/t14-,15-,16-,17-,20+,21+,22-,27?/m0/s1. The van der Waals surface area contributed by atoms with Crippen molar-refractivity contribution in [3.63, 3.8) is 0 Å². The fourth-order valence-electron chi connectivity index (χ4n) is 8.13. The molecule has 0 aromatic carbocycles. The number of hydrogen-bond acceptors (Lipinski definition) is 3. The summed E-state index contributed by atoms with van der Waals surface area (Å²) in [7, 11) is -0.844. The first-order valence-electron chi connectivity index (χ1n) is 10.7. The van der Waals surface area contributed by atoms with Crippen LogP contribution >= 0.6 is 0 Å². The van der Waals surface area contributed by atoms with Gasteiger partial charge in [-0.25, -0.2) is 0 Å². The van der Waals surface area contributed by atoms with Gasteiger partial charge in [0.05, 0.1) is 5.41 Å². The number of fused-ring (bicyclic) bond motifs is 3. The van der Waals surface area contributed by atoms with Crippen molar-refractivity contribution in [2.24, 2.45) is 39.9 Å². The normalized spacial score (nSPS) is 50.0. The molecule has 0 aliphatic heterocycles. The van der Waals surface area contributed by atoms with Crippen LogP contribution in [0.5, 0.6) is 0 Å². The highest BCUT2D eigenvalue weighted by atomic mass is 32.2. The Hall–Kier alpha value is -0.710. The SMILES string of the molecule is CS(=O)CC[C@@H]1C(=O)[C@]23CC[C@H]1C[C@H]2[C@]1(C)CCC[C@@](C)(C(=O)O)[C@H]1CC3. The molecule has 27 heavy (non-hydrogen) atoms. The summed E-state index contributed by atoms with van der Waals surface area (Å²) in [6.07, 6.45) is 10.2. The number of aliphatic carboxylic acids is 1. The minimum atomic E-state index is -0.844. The van der Waals surface area contributed by atoms with E-state index in [1.54, 1.807) is 6.26 Å². The highest BCUT2D eigenvalue weighted by molar-refractivity contribution is 7.84. The van der Waals surface area contributed by atoms with Gasteiger partial charge in [-0.3, -0.25) is 13.8 Å². The van der Waals surface area contributed by atoms with Crippen LogP contribution in [0.4, 0.5) is 0 Å². The van der Waals surface area contributed by atoms with E-state index in [2.05, 4.69) is 6.92 Å². The van der Waals surface area contributed by atoms with Crippen LogP contribution in [-0.2, 0) is 20.4 Å². The van der Waals surface area contributed by atoms with E-state index < -0.39 is 22.2 Å². The summed E-state index contributed by atoms with van der Waals surface area (Å²) in [6.45, 7) is 4.27. The predicted molar refractivity (Wildman–Crippen MR) is 106 cm³/mol. The average molecular weight is 395 g/mol. The third-order valence-corrected chi connectivity index (χ3v) is 10.2. The first-order valence-corrected chi connectivity index (χ1v) is 12.5. The van der Waals surface area contributed by atoms with E-state index in [0.717, 1.165) is 57.8 Å². The molecule has 5 fully saturated rings. The summed E-state index contributed by atoms with van der Waals surface area (Å²) >= 11 is 0. The molecule has 5 rings (SSSR count). The van der Waals surface area contributed by atoms with Gasteiger partial charge in [0.25, 0.3) is 0 Å². The summed E-state index contributed by atoms with van der Waals surface area (Å²) in [4.78, 5) is 25.8. The molecule has 0 saturated heterocycles. The van der Waals surface area contributed by atoms with Crippen LogP contribution in [0, 0.1) is 39.9 Å². The van der Waals surface area contributed by atoms with E-state index in [0.29, 0.717) is 23.4 Å². The molecule has 0 amide bonds. The summed E-state index contributed by atoms with van der Waals surface area (Å²) in [5.74, 6) is 1.46. The Morgan fingerprint density at radius 2 is 1.85 bits per heavy atom. The van der Waals surface area contributed by atoms with Gasteiger partial charge < -0.3 is 5.11 Å². The van der Waals surface area contributed by atoms with Crippen LogP contribution in [0.25, 0.3) is 0 Å². The minimum absolute atomic E-state index is 0.0312. The third kappa shape index (κ3) is 2.63. The molecular weight excluding hydrogens is 360 g/mol. The molecule has 1 N–H and O–H groups in total. The van der Waals surface area contributed by atoms with Crippen molar-refractivity contribution in [3.8, 4) is 0 Å². The number of hydrogen-bond donors (Lipinski definition) is 1. The summed E-state index contributed by atoms with van der Waals surface area (Å²) in [5, 5.41) is 10.00. The topological polar surface area (TPSA) is 71.4 Å². The molecule has 2 bridgehead atoms. The van der Waals surface area contributed by atoms with E-state index in [9.17, 15) is 18.9 Å². The predicted octanol–water partition coefficient (Wildman–Crippen LogP) is 4.05. The van der Waals surface area contributed by atoms with Gasteiger partial charge in [-0.1, -0.05) is 13.3 Å². The fraction of sp³-hybridized carbons (Fsp3) is 0.909. The van der Waals surface area contributed by atoms with E-state index in [1.807, 2.05) is 6.92 Å². The van der Waals surface area contributed by atoms with Crippen molar-refractivity contribution in [2.45, 2.75) is 71.6 Å². The molecule has 0 heterocycles. The van der Waals surface area contributed by atoms with Crippen molar-refractivity contribution >= 4 is 22.6 Å². The second-order valence-electron chi connectivity index (χ2n) is 10.5. The fourth-order valence-corrected chi connectivity index (χ4v) is 8.71. The Kier molecular flexibility index (Phi) is 4.64. The Balaban J connectivity index is 1.67. The largest absolute Gasteiger partial charge is 0.481 e. The second kappa shape index (κ2) is 6.40. The monoisotopic (exact) mass is 394 g/mol. The van der Waals surface area contributed by atoms with Crippen molar-refractivity contribution in [1.82, 2.24) is 0 Å². The van der Waals surface area contributed by atoms with Crippen molar-refractivity contribution in [3.05, 3.63) is 0 Å². The maximum absolute atomic E-state index is 13.7. The number of ketones is 1. The lowest BCUT2D eigenvalue weighted by molar-refractivity contribution is -0.203. The molecule has 5 aliphatic carbocycles. The number of rotatable bonds is 4. The molecule has 1 unspecified atom stereocenters. The lowest BCUT2D eigenvalue weighted by Gasteiger charge is -2.67. The van der Waals surface area contributed by atoms with Crippen LogP contribution in [0.2, 0.25) is 0 Å². The molecule has 5 heteroatoms. The van der Waals surface area contributed by atoms with E-state index in [4.69, 9.17) is 0 Å². The minimum Gasteiger partial charge on any atom is -0.481 e. The van der Waals surface area contributed by atoms with Crippen molar-refractivity contribution in [1.29, 1.82) is 0 Å². The summed E-state index contributed by atoms with van der Waals surface area (Å²) in [6, 6.07) is 0. The quantitative estimate of drug-likeness (QED) is 0.781. The van der Waals surface area contributed by atoms with Crippen LogP contribution < -0.4 is 0 Å². The molecular formula is C22H34O4S. The van der Waals surface area contributed by atoms with Gasteiger partial charge in [-0.15, -0.1) is 0 Å². The van der Waals surface area contributed by atoms with Gasteiger partial charge in [0, 0.05) is 34.1 Å². The number of carbonyl (C=O) groups excluding carboxylic acids is 1. The Morgan fingerprint density at radius 1 is 1.15 bits per heavy atom. The molecule has 5 aliphatic rings. The second-order valence-corrected chi connectivity index (χ2v) is 12.0. The Labute approximate surface area is 165 Å². The highest BCUT2D eigenvalue weighted by Crippen LogP contribution is 2.71. The molecule has 4 nitrogen and oxygen atoms in total. The maximum atomic E-state index is 13.7.